The average molecular weight is 453 g/mol. The fraction of sp³-hybridized carbons (Fsp3) is 0. The summed E-state index contributed by atoms with van der Waals surface area (Å²) >= 11 is 9.14. The molecule has 2 aromatic rings. The molecule has 0 aliphatic rings. The molecule has 0 bridgehead atoms. The van der Waals surface area contributed by atoms with Crippen LogP contribution < -0.4 is 0 Å². The van der Waals surface area contributed by atoms with E-state index < -0.39 is 0 Å². The third kappa shape index (κ3) is 44.9. The maximum absolute atomic E-state index is 9.02. The largest absolute Gasteiger partial charge is 0.214 e. The summed E-state index contributed by atoms with van der Waals surface area (Å²) in [5.41, 5.74) is 0. The summed E-state index contributed by atoms with van der Waals surface area (Å²) in [5, 5.41) is 0. The van der Waals surface area contributed by atoms with E-state index in [9.17, 15) is 0 Å². The molecule has 0 spiro atoms. The fourth-order valence-corrected chi connectivity index (χ4v) is 0.763. The molecule has 0 atom stereocenters. The summed E-state index contributed by atoms with van der Waals surface area (Å²) in [6.45, 7) is 0. The van der Waals surface area contributed by atoms with Gasteiger partial charge in [0.2, 0.25) is 0 Å². The first-order valence-electron chi connectivity index (χ1n) is 5.23. The molecule has 2 aromatic carbocycles. The van der Waals surface area contributed by atoms with Gasteiger partial charge in [0.15, 0.2) is 0 Å². The first-order valence-corrected chi connectivity index (χ1v) is 10.5. The molecule has 23 heavy (non-hydrogen) atoms. The molecule has 0 saturated heterocycles. The van der Waals surface area contributed by atoms with Crippen molar-refractivity contribution in [2.75, 3.05) is 0 Å². The van der Waals surface area contributed by atoms with Gasteiger partial charge >= 0.3 is 66.5 Å². The van der Waals surface area contributed by atoms with E-state index >= 15 is 0 Å². The summed E-state index contributed by atoms with van der Waals surface area (Å²) in [7, 11) is 0.0278. The molecule has 0 amide bonds. The van der Waals surface area contributed by atoms with E-state index in [1.165, 1.54) is 19.1 Å². The van der Waals surface area contributed by atoms with Crippen LogP contribution >= 0.6 is 22.2 Å². The van der Waals surface area contributed by atoms with Crippen molar-refractivity contribution in [2.24, 2.45) is 0 Å². The minimum atomic E-state index is -0.222. The third-order valence-corrected chi connectivity index (χ3v) is 1.71. The molecule has 4 nitrogen and oxygen atoms in total. The Morgan fingerprint density at radius 1 is 0.652 bits per heavy atom. The van der Waals surface area contributed by atoms with Gasteiger partial charge in [0.25, 0.3) is 8.14 Å². The summed E-state index contributed by atoms with van der Waals surface area (Å²) in [4.78, 5) is 41.4. The van der Waals surface area contributed by atoms with Crippen molar-refractivity contribution in [2.45, 2.75) is 0 Å². The zero-order valence-corrected chi connectivity index (χ0v) is 16.1. The molecule has 0 aromatic heterocycles. The zero-order valence-electron chi connectivity index (χ0n) is 11.4. The fourth-order valence-electron chi connectivity index (χ4n) is 0.671. The molecule has 0 aliphatic carbocycles. The second kappa shape index (κ2) is 32.7. The second-order valence-electron chi connectivity index (χ2n) is 2.46. The number of halogens is 2. The Labute approximate surface area is 156 Å². The molecular formula is C14H10Cl2Fe2O4Si-2. The van der Waals surface area contributed by atoms with E-state index in [0.717, 1.165) is 0 Å². The average Bonchev–Trinajstić information content (AvgIpc) is 3.29. The van der Waals surface area contributed by atoms with Crippen LogP contribution in [0.1, 0.15) is 0 Å². The van der Waals surface area contributed by atoms with Crippen LogP contribution in [0.4, 0.5) is 0 Å². The molecule has 2 radical (unpaired) electrons. The maximum Gasteiger partial charge on any atom is -0.172 e. The standard InChI is InChI=1S/2C5H5.4CO.Cl2Si.2Fe/c2*1-2-4-5-3-1;4*1-2;1-3-2;;/h2*1-5H;;;;;;;/q2*-1;;;;;;;. The number of hydrogen-bond acceptors (Lipinski definition) is 4. The monoisotopic (exact) mass is 452 g/mol. The Hall–Kier alpha value is -1.14. The first kappa shape index (κ1) is 26.7. The Balaban J connectivity index is -0.000000220. The molecule has 0 heterocycles. The van der Waals surface area contributed by atoms with Crippen molar-refractivity contribution < 1.29 is 47.3 Å². The van der Waals surface area contributed by atoms with Crippen LogP contribution in [0, 0.1) is 0 Å². The van der Waals surface area contributed by atoms with Gasteiger partial charge in [0.05, 0.1) is 0 Å². The van der Waals surface area contributed by atoms with Gasteiger partial charge in [-0.3, -0.25) is 0 Å². The van der Waals surface area contributed by atoms with Gasteiger partial charge in [-0.15, -0.1) is 22.2 Å². The predicted octanol–water partition coefficient (Wildman–Crippen LogP) is 2.22. The summed E-state index contributed by atoms with van der Waals surface area (Å²) in [6, 6.07) is 20.0. The Morgan fingerprint density at radius 2 is 0.870 bits per heavy atom. The third-order valence-electron chi connectivity index (χ3n) is 1.26. The quantitative estimate of drug-likeness (QED) is 0.349. The van der Waals surface area contributed by atoms with Crippen LogP contribution in [-0.4, -0.2) is 27.3 Å². The van der Waals surface area contributed by atoms with Gasteiger partial charge in [-0.1, -0.05) is 0 Å². The molecule has 0 saturated carbocycles. The van der Waals surface area contributed by atoms with Crippen molar-refractivity contribution in [3.05, 3.63) is 60.7 Å². The second-order valence-corrected chi connectivity index (χ2v) is 5.77. The predicted molar refractivity (Wildman–Crippen MR) is 84.3 cm³/mol. The number of rotatable bonds is 0. The van der Waals surface area contributed by atoms with Crippen LogP contribution in [0.5, 0.6) is 0 Å². The van der Waals surface area contributed by atoms with Gasteiger partial charge in [-0.05, 0) is 0 Å². The maximum atomic E-state index is 9.02. The van der Waals surface area contributed by atoms with E-state index in [1.807, 2.05) is 60.7 Å². The Bertz CT molecular complexity index is 524. The normalized spacial score (nSPS) is 6.35. The van der Waals surface area contributed by atoms with Crippen LogP contribution in [0.15, 0.2) is 60.7 Å². The van der Waals surface area contributed by atoms with Crippen molar-refractivity contribution >= 4 is 49.4 Å². The summed E-state index contributed by atoms with van der Waals surface area (Å²) in [6.07, 6.45) is 0. The van der Waals surface area contributed by atoms with E-state index in [1.54, 1.807) is 0 Å². The van der Waals surface area contributed by atoms with E-state index in [4.69, 9.17) is 41.3 Å². The molecular weight excluding hydrogens is 443 g/mol. The molecule has 9 heteroatoms. The smallest absolute Gasteiger partial charge is 0.172 e. The van der Waals surface area contributed by atoms with Crippen LogP contribution in [0.25, 0.3) is 0 Å². The van der Waals surface area contributed by atoms with Crippen LogP contribution in [-0.2, 0) is 47.3 Å². The first-order chi connectivity index (χ1) is 11.2. The number of hydrogen-bond donors (Lipinski definition) is 0. The summed E-state index contributed by atoms with van der Waals surface area (Å²) in [5.74, 6) is 0. The Kier molecular flexibility index (Phi) is 38.0. The molecule has 0 fully saturated rings. The van der Waals surface area contributed by atoms with Gasteiger partial charge in [-0.2, -0.15) is 36.4 Å². The molecule has 0 unspecified atom stereocenters. The van der Waals surface area contributed by atoms with Gasteiger partial charge in [0.1, 0.15) is 0 Å². The minimum Gasteiger partial charge on any atom is -0.214 e. The molecule has 2 rings (SSSR count). The zero-order chi connectivity index (χ0) is 18.0. The van der Waals surface area contributed by atoms with Crippen molar-refractivity contribution in [1.82, 2.24) is 0 Å². The van der Waals surface area contributed by atoms with E-state index in [0.29, 0.717) is 0 Å². The number of carbonyl (C=O) groups excluding carboxylic acids is 4. The van der Waals surface area contributed by atoms with Crippen molar-refractivity contribution in [1.29, 1.82) is 0 Å². The van der Waals surface area contributed by atoms with E-state index in [2.05, 4.69) is 0 Å². The van der Waals surface area contributed by atoms with Gasteiger partial charge in [0, 0.05) is 0 Å². The Morgan fingerprint density at radius 3 is 0.913 bits per heavy atom. The van der Waals surface area contributed by atoms with Gasteiger partial charge < -0.3 is 0 Å². The topological polar surface area (TPSA) is 68.3 Å². The summed E-state index contributed by atoms with van der Waals surface area (Å²) < 4.78 is 0. The molecule has 0 N–H and O–H groups in total. The van der Waals surface area contributed by atoms with E-state index in [-0.39, 0.29) is 36.3 Å². The van der Waals surface area contributed by atoms with Crippen molar-refractivity contribution in [3.8, 4) is 0 Å². The van der Waals surface area contributed by atoms with Crippen LogP contribution in [0.2, 0.25) is 0 Å². The molecule has 126 valence electrons. The van der Waals surface area contributed by atoms with Crippen molar-refractivity contribution in [3.63, 3.8) is 0 Å². The molecule has 0 aliphatic heterocycles. The minimum absolute atomic E-state index is 0.0278. The van der Waals surface area contributed by atoms with Gasteiger partial charge in [-0.25, -0.2) is 24.3 Å². The SMILES string of the molecule is Cl[Si]Cl.O=[C]=[Fe]=[C]=O.O=[C]=[Fe]=[C]=O.c1cc[cH-]c1.c1cc[cH-]c1. The van der Waals surface area contributed by atoms with Crippen LogP contribution in [0.3, 0.4) is 0 Å².